The predicted octanol–water partition coefficient (Wildman–Crippen LogP) is 4.25. The molecular weight excluding hydrogens is 269 g/mol. The van der Waals surface area contributed by atoms with Crippen LogP contribution in [0.25, 0.3) is 0 Å². The van der Waals surface area contributed by atoms with E-state index in [1.807, 2.05) is 33.8 Å². The summed E-state index contributed by atoms with van der Waals surface area (Å²) in [6.07, 6.45) is 1.55. The largest absolute Gasteiger partial charge is 0.444 e. The van der Waals surface area contributed by atoms with Gasteiger partial charge in [0.1, 0.15) is 11.4 Å². The fourth-order valence-corrected chi connectivity index (χ4v) is 2.80. The third-order valence-electron chi connectivity index (χ3n) is 3.82. The summed E-state index contributed by atoms with van der Waals surface area (Å²) in [7, 11) is 0. The molecule has 0 atom stereocenters. The van der Waals surface area contributed by atoms with Crippen LogP contribution in [0, 0.1) is 12.7 Å². The van der Waals surface area contributed by atoms with Crippen LogP contribution in [0.1, 0.15) is 50.7 Å². The van der Waals surface area contributed by atoms with Gasteiger partial charge in [0.05, 0.1) is 0 Å². The topological polar surface area (TPSA) is 29.5 Å². The van der Waals surface area contributed by atoms with Gasteiger partial charge in [-0.15, -0.1) is 0 Å². The van der Waals surface area contributed by atoms with E-state index >= 15 is 0 Å². The van der Waals surface area contributed by atoms with Gasteiger partial charge in [-0.3, -0.25) is 0 Å². The molecule has 116 valence electrons. The van der Waals surface area contributed by atoms with Crippen LogP contribution < -0.4 is 0 Å². The number of nitrogens with zero attached hydrogens (tertiary/aromatic N) is 1. The van der Waals surface area contributed by atoms with Crippen molar-refractivity contribution in [1.29, 1.82) is 0 Å². The highest BCUT2D eigenvalue weighted by molar-refractivity contribution is 5.68. The molecule has 0 bridgehead atoms. The second kappa shape index (κ2) is 6.04. The highest BCUT2D eigenvalue weighted by Gasteiger charge is 2.27. The monoisotopic (exact) mass is 293 g/mol. The van der Waals surface area contributed by atoms with Crippen molar-refractivity contribution < 1.29 is 13.9 Å². The molecule has 1 heterocycles. The number of rotatable bonds is 1. The number of benzene rings is 1. The third-order valence-corrected chi connectivity index (χ3v) is 3.82. The van der Waals surface area contributed by atoms with Gasteiger partial charge in [-0.25, -0.2) is 9.18 Å². The summed E-state index contributed by atoms with van der Waals surface area (Å²) in [5.41, 5.74) is 1.73. The normalized spacial score (nSPS) is 16.9. The molecule has 0 spiro atoms. The molecule has 1 saturated heterocycles. The summed E-state index contributed by atoms with van der Waals surface area (Å²) in [6, 6.07) is 4.97. The van der Waals surface area contributed by atoms with Crippen LogP contribution in [-0.4, -0.2) is 29.7 Å². The molecule has 0 aromatic heterocycles. The predicted molar refractivity (Wildman–Crippen MR) is 80.9 cm³/mol. The average Bonchev–Trinajstić information content (AvgIpc) is 2.37. The lowest BCUT2D eigenvalue weighted by atomic mass is 9.87. The Morgan fingerprint density at radius 1 is 1.29 bits per heavy atom. The van der Waals surface area contributed by atoms with Crippen LogP contribution in [0.15, 0.2) is 18.2 Å². The Bertz CT molecular complexity index is 514. The van der Waals surface area contributed by atoms with Crippen molar-refractivity contribution in [2.75, 3.05) is 13.1 Å². The zero-order chi connectivity index (χ0) is 15.6. The van der Waals surface area contributed by atoms with Crippen LogP contribution in [0.4, 0.5) is 9.18 Å². The Labute approximate surface area is 126 Å². The minimum Gasteiger partial charge on any atom is -0.444 e. The smallest absolute Gasteiger partial charge is 0.410 e. The Hall–Kier alpha value is -1.58. The molecule has 2 rings (SSSR count). The molecule has 1 aromatic rings. The number of hydrogen-bond acceptors (Lipinski definition) is 2. The van der Waals surface area contributed by atoms with Gasteiger partial charge in [0.25, 0.3) is 0 Å². The number of ether oxygens (including phenoxy) is 1. The van der Waals surface area contributed by atoms with E-state index in [1.165, 1.54) is 11.6 Å². The summed E-state index contributed by atoms with van der Waals surface area (Å²) in [5.74, 6) is 0.201. The third kappa shape index (κ3) is 4.19. The lowest BCUT2D eigenvalue weighted by Gasteiger charge is -2.34. The molecule has 1 aromatic carbocycles. The molecule has 3 nitrogen and oxygen atoms in total. The molecule has 1 amide bonds. The lowest BCUT2D eigenvalue weighted by molar-refractivity contribution is 0.0205. The van der Waals surface area contributed by atoms with E-state index in [2.05, 4.69) is 0 Å². The van der Waals surface area contributed by atoms with Crippen molar-refractivity contribution in [3.05, 3.63) is 35.1 Å². The summed E-state index contributed by atoms with van der Waals surface area (Å²) in [6.45, 7) is 8.95. The molecule has 4 heteroatoms. The quantitative estimate of drug-likeness (QED) is 0.774. The lowest BCUT2D eigenvalue weighted by Crippen LogP contribution is -2.41. The van der Waals surface area contributed by atoms with Gasteiger partial charge in [-0.05, 0) is 69.7 Å². The second-order valence-electron chi connectivity index (χ2n) is 6.74. The Kier molecular flexibility index (Phi) is 4.55. The van der Waals surface area contributed by atoms with Crippen LogP contribution in [0.5, 0.6) is 0 Å². The molecule has 0 saturated carbocycles. The van der Waals surface area contributed by atoms with Crippen LogP contribution in [0.2, 0.25) is 0 Å². The molecule has 1 aliphatic rings. The maximum absolute atomic E-state index is 13.2. The molecule has 0 unspecified atom stereocenters. The first-order valence-electron chi connectivity index (χ1n) is 7.50. The molecule has 0 radical (unpaired) electrons. The van der Waals surface area contributed by atoms with Crippen molar-refractivity contribution in [3.63, 3.8) is 0 Å². The number of likely N-dealkylation sites (tertiary alicyclic amines) is 1. The molecule has 21 heavy (non-hydrogen) atoms. The van der Waals surface area contributed by atoms with Crippen LogP contribution >= 0.6 is 0 Å². The highest BCUT2D eigenvalue weighted by atomic mass is 19.1. The minimum atomic E-state index is -0.457. The van der Waals surface area contributed by atoms with Crippen molar-refractivity contribution in [1.82, 2.24) is 4.90 Å². The van der Waals surface area contributed by atoms with Crippen LogP contribution in [-0.2, 0) is 4.74 Å². The second-order valence-corrected chi connectivity index (χ2v) is 6.74. The number of hydrogen-bond donors (Lipinski definition) is 0. The van der Waals surface area contributed by atoms with Gasteiger partial charge in [0.2, 0.25) is 0 Å². The standard InChI is InChI=1S/C17H24FNO2/c1-12-11-14(18)5-6-15(12)13-7-9-19(10-8-13)16(20)21-17(2,3)4/h5-6,11,13H,7-10H2,1-4H3. The van der Waals surface area contributed by atoms with Gasteiger partial charge < -0.3 is 9.64 Å². The van der Waals surface area contributed by atoms with Gasteiger partial charge in [0.15, 0.2) is 0 Å². The zero-order valence-electron chi connectivity index (χ0n) is 13.3. The van der Waals surface area contributed by atoms with Gasteiger partial charge in [0, 0.05) is 13.1 Å². The van der Waals surface area contributed by atoms with Crippen molar-refractivity contribution >= 4 is 6.09 Å². The molecule has 1 fully saturated rings. The van der Waals surface area contributed by atoms with Crippen molar-refractivity contribution in [3.8, 4) is 0 Å². The number of piperidine rings is 1. The molecule has 0 aliphatic carbocycles. The SMILES string of the molecule is Cc1cc(F)ccc1C1CCN(C(=O)OC(C)(C)C)CC1. The van der Waals surface area contributed by atoms with Gasteiger partial charge in [-0.1, -0.05) is 6.07 Å². The van der Waals surface area contributed by atoms with E-state index in [0.717, 1.165) is 18.4 Å². The fourth-order valence-electron chi connectivity index (χ4n) is 2.80. The average molecular weight is 293 g/mol. The Balaban J connectivity index is 1.95. The number of halogens is 1. The highest BCUT2D eigenvalue weighted by Crippen LogP contribution is 2.31. The summed E-state index contributed by atoms with van der Waals surface area (Å²) in [4.78, 5) is 13.8. The Morgan fingerprint density at radius 3 is 2.43 bits per heavy atom. The van der Waals surface area contributed by atoms with Crippen LogP contribution in [0.3, 0.4) is 0 Å². The van der Waals surface area contributed by atoms with Gasteiger partial charge in [-0.2, -0.15) is 0 Å². The van der Waals surface area contributed by atoms with E-state index in [1.54, 1.807) is 11.0 Å². The first kappa shape index (κ1) is 15.8. The van der Waals surface area contributed by atoms with Gasteiger partial charge >= 0.3 is 6.09 Å². The summed E-state index contributed by atoms with van der Waals surface area (Å²) in [5, 5.41) is 0. The first-order valence-corrected chi connectivity index (χ1v) is 7.50. The maximum Gasteiger partial charge on any atom is 0.410 e. The first-order chi connectivity index (χ1) is 9.76. The van der Waals surface area contributed by atoms with Crippen molar-refractivity contribution in [2.24, 2.45) is 0 Å². The summed E-state index contributed by atoms with van der Waals surface area (Å²) >= 11 is 0. The van der Waals surface area contributed by atoms with E-state index in [9.17, 15) is 9.18 Å². The molecule has 1 aliphatic heterocycles. The maximum atomic E-state index is 13.2. The van der Waals surface area contributed by atoms with E-state index in [4.69, 9.17) is 4.74 Å². The molecular formula is C17H24FNO2. The van der Waals surface area contributed by atoms with Crippen molar-refractivity contribution in [2.45, 2.75) is 52.1 Å². The number of carbonyl (C=O) groups is 1. The minimum absolute atomic E-state index is 0.192. The fraction of sp³-hybridized carbons (Fsp3) is 0.588. The van der Waals surface area contributed by atoms with E-state index in [-0.39, 0.29) is 11.9 Å². The Morgan fingerprint density at radius 2 is 1.90 bits per heavy atom. The number of carbonyl (C=O) groups excluding carboxylic acids is 1. The number of amides is 1. The van der Waals surface area contributed by atoms with E-state index in [0.29, 0.717) is 19.0 Å². The summed E-state index contributed by atoms with van der Waals surface area (Å²) < 4.78 is 18.6. The number of aryl methyl sites for hydroxylation is 1. The zero-order valence-corrected chi connectivity index (χ0v) is 13.3. The van der Waals surface area contributed by atoms with E-state index < -0.39 is 5.60 Å². The molecule has 0 N–H and O–H groups in total.